The number of hydrogen-bond donors (Lipinski definition) is 0. The molecule has 0 unspecified atom stereocenters. The first-order valence-electron chi connectivity index (χ1n) is 10.6. The maximum atomic E-state index is 13.6. The van der Waals surface area contributed by atoms with E-state index >= 15 is 0 Å². The Hall–Kier alpha value is -3.33. The van der Waals surface area contributed by atoms with Crippen molar-refractivity contribution in [3.05, 3.63) is 74.3 Å². The first-order chi connectivity index (χ1) is 16.5. The molecule has 0 atom stereocenters. The number of para-hydroxylation sites is 2. The summed E-state index contributed by atoms with van der Waals surface area (Å²) < 4.78 is 8.34. The summed E-state index contributed by atoms with van der Waals surface area (Å²) in [6.07, 6.45) is 2.31. The molecule has 3 aromatic heterocycles. The fourth-order valence-electron chi connectivity index (χ4n) is 3.87. The van der Waals surface area contributed by atoms with Crippen molar-refractivity contribution in [1.82, 2.24) is 24.2 Å². The molecule has 0 aliphatic carbocycles. The molecular formula is C24H20Cl2N6O2. The zero-order chi connectivity index (χ0) is 23.8. The highest BCUT2D eigenvalue weighted by molar-refractivity contribution is 6.42. The van der Waals surface area contributed by atoms with E-state index < -0.39 is 0 Å². The Morgan fingerprint density at radius 1 is 1.03 bits per heavy atom. The van der Waals surface area contributed by atoms with Gasteiger partial charge in [0.15, 0.2) is 11.3 Å². The van der Waals surface area contributed by atoms with Crippen molar-refractivity contribution in [2.75, 3.05) is 13.7 Å². The van der Waals surface area contributed by atoms with Crippen LogP contribution in [0, 0.1) is 6.92 Å². The second-order valence-corrected chi connectivity index (χ2v) is 8.59. The molecule has 0 amide bonds. The highest BCUT2D eigenvalue weighted by Crippen LogP contribution is 2.26. The summed E-state index contributed by atoms with van der Waals surface area (Å²) in [5.74, 6) is 0.576. The Bertz CT molecular complexity index is 1640. The standard InChI is InChI=1S/C24H20Cl2N6O2/c1-14-28-22-20(24(33)31(14)10-5-11-34-2)21-23(30-19-7-4-3-6-18(19)29-21)32(22)27-13-15-8-9-16(25)17(26)12-15/h3-4,6-9,12-13H,5,10-11H2,1-2H3. The van der Waals surface area contributed by atoms with E-state index in [0.717, 1.165) is 5.56 Å². The van der Waals surface area contributed by atoms with Gasteiger partial charge in [0, 0.05) is 20.3 Å². The van der Waals surface area contributed by atoms with Crippen LogP contribution in [0.15, 0.2) is 52.4 Å². The van der Waals surface area contributed by atoms with Gasteiger partial charge >= 0.3 is 0 Å². The molecule has 172 valence electrons. The van der Waals surface area contributed by atoms with Gasteiger partial charge < -0.3 is 4.74 Å². The van der Waals surface area contributed by atoms with E-state index in [4.69, 9.17) is 42.9 Å². The predicted octanol–water partition coefficient (Wildman–Crippen LogP) is 4.83. The first-order valence-corrected chi connectivity index (χ1v) is 11.4. The molecule has 0 aliphatic heterocycles. The minimum Gasteiger partial charge on any atom is -0.385 e. The summed E-state index contributed by atoms with van der Waals surface area (Å²) in [4.78, 5) is 27.8. The van der Waals surface area contributed by atoms with Gasteiger partial charge in [-0.25, -0.2) is 15.0 Å². The van der Waals surface area contributed by atoms with Crippen LogP contribution >= 0.6 is 23.2 Å². The summed E-state index contributed by atoms with van der Waals surface area (Å²) in [6.45, 7) is 2.83. The van der Waals surface area contributed by atoms with Crippen molar-refractivity contribution in [1.29, 1.82) is 0 Å². The second-order valence-electron chi connectivity index (χ2n) is 7.78. The maximum Gasteiger partial charge on any atom is 0.265 e. The average molecular weight is 495 g/mol. The number of ether oxygens (including phenoxy) is 1. The molecule has 5 aromatic rings. The fraction of sp³-hybridized carbons (Fsp3) is 0.208. The van der Waals surface area contributed by atoms with E-state index in [1.165, 1.54) is 0 Å². The molecule has 0 bridgehead atoms. The molecule has 3 heterocycles. The van der Waals surface area contributed by atoms with Crippen molar-refractivity contribution in [2.45, 2.75) is 19.9 Å². The van der Waals surface area contributed by atoms with Crippen LogP contribution in [0.25, 0.3) is 33.2 Å². The minimum atomic E-state index is -0.184. The molecule has 34 heavy (non-hydrogen) atoms. The van der Waals surface area contributed by atoms with Crippen LogP contribution in [0.1, 0.15) is 17.8 Å². The summed E-state index contributed by atoms with van der Waals surface area (Å²) in [6, 6.07) is 12.7. The molecule has 0 radical (unpaired) electrons. The highest BCUT2D eigenvalue weighted by Gasteiger charge is 2.21. The van der Waals surface area contributed by atoms with Crippen LogP contribution in [0.3, 0.4) is 0 Å². The van der Waals surface area contributed by atoms with Crippen molar-refractivity contribution in [3.8, 4) is 0 Å². The Morgan fingerprint density at radius 2 is 1.79 bits per heavy atom. The quantitative estimate of drug-likeness (QED) is 0.249. The molecule has 0 aliphatic rings. The minimum absolute atomic E-state index is 0.184. The Morgan fingerprint density at radius 3 is 2.53 bits per heavy atom. The number of halogens is 2. The highest BCUT2D eigenvalue weighted by atomic mass is 35.5. The van der Waals surface area contributed by atoms with Crippen molar-refractivity contribution < 1.29 is 4.74 Å². The molecule has 5 rings (SSSR count). The van der Waals surface area contributed by atoms with Gasteiger partial charge in [-0.2, -0.15) is 9.78 Å². The number of aromatic nitrogens is 5. The third kappa shape index (κ3) is 3.94. The summed E-state index contributed by atoms with van der Waals surface area (Å²) >= 11 is 12.2. The molecule has 0 spiro atoms. The van der Waals surface area contributed by atoms with Crippen LogP contribution < -0.4 is 5.56 Å². The fourth-order valence-corrected chi connectivity index (χ4v) is 4.18. The van der Waals surface area contributed by atoms with Gasteiger partial charge in [0.25, 0.3) is 5.56 Å². The summed E-state index contributed by atoms with van der Waals surface area (Å²) in [5.41, 5.74) is 3.24. The monoisotopic (exact) mass is 494 g/mol. The van der Waals surface area contributed by atoms with E-state index in [-0.39, 0.29) is 5.56 Å². The number of benzene rings is 2. The number of methoxy groups -OCH3 is 1. The zero-order valence-electron chi connectivity index (χ0n) is 18.5. The largest absolute Gasteiger partial charge is 0.385 e. The first kappa shape index (κ1) is 22.5. The lowest BCUT2D eigenvalue weighted by Crippen LogP contribution is -2.24. The Kier molecular flexibility index (Phi) is 6.03. The number of aryl methyl sites for hydroxylation is 1. The van der Waals surface area contributed by atoms with Gasteiger partial charge in [-0.1, -0.05) is 41.4 Å². The van der Waals surface area contributed by atoms with Crippen molar-refractivity contribution in [2.24, 2.45) is 5.10 Å². The van der Waals surface area contributed by atoms with Gasteiger partial charge in [-0.3, -0.25) is 9.36 Å². The lowest BCUT2D eigenvalue weighted by molar-refractivity contribution is 0.189. The van der Waals surface area contributed by atoms with E-state index in [1.807, 2.05) is 24.3 Å². The topological polar surface area (TPSA) is 87.2 Å². The summed E-state index contributed by atoms with van der Waals surface area (Å²) in [5, 5.41) is 5.87. The lowest BCUT2D eigenvalue weighted by Gasteiger charge is -2.09. The number of nitrogens with zero attached hydrogens (tertiary/aromatic N) is 6. The zero-order valence-corrected chi connectivity index (χ0v) is 20.0. The molecular weight excluding hydrogens is 475 g/mol. The third-order valence-electron chi connectivity index (χ3n) is 5.53. The Labute approximate surface area is 204 Å². The van der Waals surface area contributed by atoms with Crippen LogP contribution in [-0.2, 0) is 11.3 Å². The van der Waals surface area contributed by atoms with Gasteiger partial charge in [0.05, 0.1) is 27.3 Å². The second kappa shape index (κ2) is 9.13. The van der Waals surface area contributed by atoms with Crippen molar-refractivity contribution in [3.63, 3.8) is 0 Å². The van der Waals surface area contributed by atoms with Gasteiger partial charge in [-0.15, -0.1) is 0 Å². The molecule has 0 saturated carbocycles. The normalized spacial score (nSPS) is 12.0. The molecule has 8 nitrogen and oxygen atoms in total. The van der Waals surface area contributed by atoms with E-state index in [2.05, 4.69) is 5.10 Å². The average Bonchev–Trinajstić information content (AvgIpc) is 3.12. The summed E-state index contributed by atoms with van der Waals surface area (Å²) in [7, 11) is 1.64. The molecule has 0 fully saturated rings. The van der Waals surface area contributed by atoms with E-state index in [0.29, 0.717) is 68.7 Å². The van der Waals surface area contributed by atoms with Crippen LogP contribution in [-0.4, -0.2) is 44.1 Å². The van der Waals surface area contributed by atoms with Crippen molar-refractivity contribution >= 4 is 62.6 Å². The van der Waals surface area contributed by atoms with Gasteiger partial charge in [-0.05, 0) is 43.2 Å². The Balaban J connectivity index is 1.78. The van der Waals surface area contributed by atoms with Crippen LogP contribution in [0.4, 0.5) is 0 Å². The maximum absolute atomic E-state index is 13.6. The third-order valence-corrected chi connectivity index (χ3v) is 6.27. The van der Waals surface area contributed by atoms with Crippen LogP contribution in [0.5, 0.6) is 0 Å². The smallest absolute Gasteiger partial charge is 0.265 e. The molecule has 0 N–H and O–H groups in total. The SMILES string of the molecule is COCCCn1c(C)nc2c(c1=O)c1nc3ccccc3nc1n2N=Cc1ccc(Cl)c(Cl)c1. The number of rotatable bonds is 6. The van der Waals surface area contributed by atoms with E-state index in [1.54, 1.807) is 47.7 Å². The molecule has 10 heteroatoms. The van der Waals surface area contributed by atoms with Crippen LogP contribution in [0.2, 0.25) is 10.0 Å². The lowest BCUT2D eigenvalue weighted by atomic mass is 10.2. The van der Waals surface area contributed by atoms with Gasteiger partial charge in [0.2, 0.25) is 0 Å². The number of fused-ring (bicyclic) bond motifs is 4. The number of hydrogen-bond acceptors (Lipinski definition) is 6. The molecule has 2 aromatic carbocycles. The van der Waals surface area contributed by atoms with Gasteiger partial charge in [0.1, 0.15) is 16.7 Å². The van der Waals surface area contributed by atoms with E-state index in [9.17, 15) is 4.79 Å². The predicted molar refractivity (Wildman–Crippen MR) is 135 cm³/mol. The molecule has 0 saturated heterocycles.